The number of hydrogen-bond acceptors (Lipinski definition) is 3. The summed E-state index contributed by atoms with van der Waals surface area (Å²) < 4.78 is 73.6. The molecule has 3 aliphatic rings. The van der Waals surface area contributed by atoms with Gasteiger partial charge in [-0.1, -0.05) is 11.6 Å². The van der Waals surface area contributed by atoms with Crippen molar-refractivity contribution < 1.29 is 26.7 Å². The first kappa shape index (κ1) is 11.3. The third-order valence-electron chi connectivity index (χ3n) is 3.31. The van der Waals surface area contributed by atoms with Crippen molar-refractivity contribution in [3.63, 3.8) is 0 Å². The number of epoxide rings is 1. The van der Waals surface area contributed by atoms with E-state index in [-0.39, 0.29) is 0 Å². The predicted octanol–water partition coefficient (Wildman–Crippen LogP) is 2.66. The lowest BCUT2D eigenvalue weighted by molar-refractivity contribution is -0.108. The molecular weight excluding hydrogens is 271 g/mol. The highest BCUT2D eigenvalue weighted by Crippen LogP contribution is 2.67. The van der Waals surface area contributed by atoms with Gasteiger partial charge in [-0.05, 0) is 0 Å². The molecule has 1 aliphatic carbocycles. The molecule has 94 valence electrons. The molecule has 0 radical (unpaired) electrons. The zero-order valence-corrected chi connectivity index (χ0v) is 8.74. The largest absolute Gasteiger partial charge is 0.359 e. The van der Waals surface area contributed by atoms with Crippen molar-refractivity contribution >= 4 is 11.6 Å². The Labute approximate surface area is 96.3 Å². The van der Waals surface area contributed by atoms with Crippen LogP contribution < -0.4 is 0 Å². The van der Waals surface area contributed by atoms with Gasteiger partial charge in [-0.15, -0.1) is 5.11 Å². The second-order valence-corrected chi connectivity index (χ2v) is 4.66. The summed E-state index contributed by atoms with van der Waals surface area (Å²) in [5, 5.41) is 2.20. The van der Waals surface area contributed by atoms with Gasteiger partial charge in [0, 0.05) is 0 Å². The maximum absolute atomic E-state index is 14.4. The van der Waals surface area contributed by atoms with E-state index in [9.17, 15) is 22.0 Å². The summed E-state index contributed by atoms with van der Waals surface area (Å²) in [5.41, 5.74) is -6.20. The number of ether oxygens (including phenoxy) is 1. The molecule has 1 saturated heterocycles. The average Bonchev–Trinajstić information content (AvgIpc) is 3.01. The van der Waals surface area contributed by atoms with E-state index in [0.717, 1.165) is 0 Å². The van der Waals surface area contributed by atoms with Crippen molar-refractivity contribution in [2.24, 2.45) is 10.2 Å². The van der Waals surface area contributed by atoms with Crippen molar-refractivity contribution in [2.45, 2.75) is 22.2 Å². The van der Waals surface area contributed by atoms with Crippen LogP contribution in [-0.2, 0) is 4.74 Å². The lowest BCUT2D eigenvalue weighted by Gasteiger charge is -2.41. The van der Waals surface area contributed by atoms with E-state index in [1.807, 2.05) is 0 Å². The molecule has 0 N–H and O–H groups in total. The summed E-state index contributed by atoms with van der Waals surface area (Å²) in [6.45, 7) is -1.80. The zero-order chi connectivity index (χ0) is 12.7. The molecule has 1 spiro atoms. The number of azo groups is 1. The Morgan fingerprint density at radius 1 is 1.18 bits per heavy atom. The second kappa shape index (κ2) is 2.64. The molecule has 4 atom stereocenters. The highest BCUT2D eigenvalue weighted by molar-refractivity contribution is 6.26. The summed E-state index contributed by atoms with van der Waals surface area (Å²) in [6, 6.07) is 0. The average molecular weight is 275 g/mol. The summed E-state index contributed by atoms with van der Waals surface area (Å²) in [4.78, 5) is 0. The quantitative estimate of drug-likeness (QED) is 0.290. The number of rotatable bonds is 0. The van der Waals surface area contributed by atoms with Crippen molar-refractivity contribution in [1.82, 2.24) is 0 Å². The Hall–Kier alpha value is -0.760. The van der Waals surface area contributed by atoms with Gasteiger partial charge >= 0.3 is 0 Å². The smallest absolute Gasteiger partial charge is 0.296 e. The molecule has 1 unspecified atom stereocenters. The van der Waals surface area contributed by atoms with Gasteiger partial charge in [-0.25, -0.2) is 22.0 Å². The number of halogens is 6. The third-order valence-corrected chi connectivity index (χ3v) is 3.79. The molecule has 0 aromatic carbocycles. The topological polar surface area (TPSA) is 37.2 Å². The molecule has 1 fully saturated rings. The zero-order valence-electron chi connectivity index (χ0n) is 7.98. The number of alkyl halides is 4. The summed E-state index contributed by atoms with van der Waals surface area (Å²) in [6.07, 6.45) is 0. The van der Waals surface area contributed by atoms with E-state index in [1.165, 1.54) is 0 Å². The molecule has 0 amide bonds. The SMILES string of the molecule is FC1=C(F)[C@@]2(F)CN=N[C@@]2(F)C2(CO2)[C@@]1(F)Cl. The highest BCUT2D eigenvalue weighted by atomic mass is 35.5. The predicted molar refractivity (Wildman–Crippen MR) is 45.0 cm³/mol. The van der Waals surface area contributed by atoms with Gasteiger partial charge in [0.1, 0.15) is 6.54 Å². The lowest BCUT2D eigenvalue weighted by Crippen LogP contribution is -2.66. The van der Waals surface area contributed by atoms with E-state index in [2.05, 4.69) is 15.0 Å². The molecule has 0 saturated carbocycles. The normalized spacial score (nSPS) is 56.6. The van der Waals surface area contributed by atoms with Crippen LogP contribution in [0, 0.1) is 0 Å². The van der Waals surface area contributed by atoms with Gasteiger partial charge < -0.3 is 4.74 Å². The minimum atomic E-state index is -3.63. The monoisotopic (exact) mass is 274 g/mol. The molecule has 0 aromatic rings. The van der Waals surface area contributed by atoms with Crippen LogP contribution in [0.25, 0.3) is 0 Å². The molecule has 3 nitrogen and oxygen atoms in total. The van der Waals surface area contributed by atoms with Crippen LogP contribution in [0.3, 0.4) is 0 Å². The van der Waals surface area contributed by atoms with Crippen molar-refractivity contribution in [3.05, 3.63) is 11.7 Å². The van der Waals surface area contributed by atoms with E-state index < -0.39 is 47.0 Å². The van der Waals surface area contributed by atoms with Crippen LogP contribution in [0.15, 0.2) is 21.9 Å². The van der Waals surface area contributed by atoms with E-state index >= 15 is 0 Å². The van der Waals surface area contributed by atoms with Crippen molar-refractivity contribution in [3.8, 4) is 0 Å². The standard InChI is InChI=1S/C8H4ClF5N2O/c9-7(13)4(11)3(10)5(12)1-15-16-8(5,14)6(7)2-17-6/h1-2H2/t5-,6?,7+,8+/m0/s1. The lowest BCUT2D eigenvalue weighted by atomic mass is 9.75. The van der Waals surface area contributed by atoms with Crippen LogP contribution in [0.1, 0.15) is 0 Å². The van der Waals surface area contributed by atoms with Crippen LogP contribution in [0.2, 0.25) is 0 Å². The Morgan fingerprint density at radius 2 is 1.76 bits per heavy atom. The van der Waals surface area contributed by atoms with Gasteiger partial charge in [0.2, 0.25) is 11.3 Å². The molecule has 9 heteroatoms. The fraction of sp³-hybridized carbons (Fsp3) is 0.750. The Morgan fingerprint density at radius 3 is 2.29 bits per heavy atom. The third kappa shape index (κ3) is 0.875. The van der Waals surface area contributed by atoms with Gasteiger partial charge in [0.15, 0.2) is 11.7 Å². The minimum Gasteiger partial charge on any atom is -0.359 e. The van der Waals surface area contributed by atoms with Crippen LogP contribution >= 0.6 is 11.6 Å². The molecule has 17 heavy (non-hydrogen) atoms. The van der Waals surface area contributed by atoms with Crippen LogP contribution in [-0.4, -0.2) is 35.3 Å². The summed E-state index contributed by atoms with van der Waals surface area (Å²) in [5.74, 6) is -7.97. The first-order valence-electron chi connectivity index (χ1n) is 4.57. The fourth-order valence-corrected chi connectivity index (χ4v) is 2.49. The highest BCUT2D eigenvalue weighted by Gasteiger charge is 2.89. The number of nitrogens with zero attached hydrogens (tertiary/aromatic N) is 2. The maximum Gasteiger partial charge on any atom is 0.296 e. The Bertz CT molecular complexity index is 477. The van der Waals surface area contributed by atoms with Gasteiger partial charge in [0.05, 0.1) is 6.61 Å². The van der Waals surface area contributed by atoms with Crippen molar-refractivity contribution in [2.75, 3.05) is 13.2 Å². The summed E-state index contributed by atoms with van der Waals surface area (Å²) in [7, 11) is 0. The number of hydrogen-bond donors (Lipinski definition) is 0. The van der Waals surface area contributed by atoms with E-state index in [1.54, 1.807) is 0 Å². The minimum absolute atomic E-state index is 0.713. The molecule has 3 rings (SSSR count). The van der Waals surface area contributed by atoms with Gasteiger partial charge in [0.25, 0.3) is 10.9 Å². The van der Waals surface area contributed by atoms with Crippen LogP contribution in [0.4, 0.5) is 22.0 Å². The summed E-state index contributed by atoms with van der Waals surface area (Å²) >= 11 is 5.12. The molecular formula is C8H4ClF5N2O. The molecule has 0 bridgehead atoms. The fourth-order valence-electron chi connectivity index (χ4n) is 2.17. The first-order chi connectivity index (χ1) is 7.73. The van der Waals surface area contributed by atoms with Crippen LogP contribution in [0.5, 0.6) is 0 Å². The van der Waals surface area contributed by atoms with Gasteiger partial charge in [-0.2, -0.15) is 5.11 Å². The molecule has 2 aliphatic heterocycles. The second-order valence-electron chi connectivity index (χ2n) is 4.14. The maximum atomic E-state index is 14.4. The molecule has 2 heterocycles. The van der Waals surface area contributed by atoms with Crippen molar-refractivity contribution in [1.29, 1.82) is 0 Å². The molecule has 0 aromatic heterocycles. The van der Waals surface area contributed by atoms with E-state index in [4.69, 9.17) is 11.6 Å². The Balaban J connectivity index is 2.32. The Kier molecular flexibility index (Phi) is 1.76. The first-order valence-corrected chi connectivity index (χ1v) is 4.95. The van der Waals surface area contributed by atoms with Gasteiger partial charge in [-0.3, -0.25) is 0 Å². The number of fused-ring (bicyclic) bond motifs is 2. The van der Waals surface area contributed by atoms with E-state index in [0.29, 0.717) is 0 Å².